The SMILES string of the molecule is CC(CC1CCCC1)NCCOCC1CC1. The molecule has 0 saturated heterocycles. The third kappa shape index (κ3) is 4.84. The molecule has 1 N–H and O–H groups in total. The van der Waals surface area contributed by atoms with Gasteiger partial charge in [-0.1, -0.05) is 25.7 Å². The van der Waals surface area contributed by atoms with Crippen LogP contribution in [0, 0.1) is 11.8 Å². The Kier molecular flexibility index (Phi) is 5.11. The summed E-state index contributed by atoms with van der Waals surface area (Å²) in [7, 11) is 0. The Labute approximate surface area is 100 Å². The van der Waals surface area contributed by atoms with Gasteiger partial charge in [0.05, 0.1) is 6.61 Å². The summed E-state index contributed by atoms with van der Waals surface area (Å²) < 4.78 is 5.62. The van der Waals surface area contributed by atoms with Crippen molar-refractivity contribution in [3.63, 3.8) is 0 Å². The number of nitrogens with one attached hydrogen (secondary N) is 1. The van der Waals surface area contributed by atoms with Gasteiger partial charge in [-0.3, -0.25) is 0 Å². The molecule has 1 atom stereocenters. The second kappa shape index (κ2) is 6.61. The zero-order valence-corrected chi connectivity index (χ0v) is 10.7. The van der Waals surface area contributed by atoms with E-state index in [1.165, 1.54) is 44.9 Å². The highest BCUT2D eigenvalue weighted by atomic mass is 16.5. The van der Waals surface area contributed by atoms with E-state index in [-0.39, 0.29) is 0 Å². The van der Waals surface area contributed by atoms with Crippen LogP contribution in [0.2, 0.25) is 0 Å². The maximum absolute atomic E-state index is 5.62. The van der Waals surface area contributed by atoms with Gasteiger partial charge in [-0.2, -0.15) is 0 Å². The summed E-state index contributed by atoms with van der Waals surface area (Å²) in [6.45, 7) is 5.24. The third-order valence-corrected chi connectivity index (χ3v) is 3.95. The van der Waals surface area contributed by atoms with Crippen LogP contribution in [0.3, 0.4) is 0 Å². The Balaban J connectivity index is 1.41. The fourth-order valence-electron chi connectivity index (χ4n) is 2.74. The molecule has 2 aliphatic carbocycles. The van der Waals surface area contributed by atoms with Crippen LogP contribution in [0.5, 0.6) is 0 Å². The van der Waals surface area contributed by atoms with E-state index in [2.05, 4.69) is 12.2 Å². The summed E-state index contributed by atoms with van der Waals surface area (Å²) in [5.41, 5.74) is 0. The predicted molar refractivity (Wildman–Crippen MR) is 67.6 cm³/mol. The minimum absolute atomic E-state index is 0.674. The van der Waals surface area contributed by atoms with Crippen LogP contribution < -0.4 is 5.32 Å². The average molecular weight is 225 g/mol. The fourth-order valence-corrected chi connectivity index (χ4v) is 2.74. The first-order valence-electron chi connectivity index (χ1n) is 7.15. The van der Waals surface area contributed by atoms with Crippen molar-refractivity contribution in [1.29, 1.82) is 0 Å². The van der Waals surface area contributed by atoms with Crippen LogP contribution in [0.15, 0.2) is 0 Å². The maximum Gasteiger partial charge on any atom is 0.0591 e. The first-order valence-corrected chi connectivity index (χ1v) is 7.15. The molecule has 16 heavy (non-hydrogen) atoms. The van der Waals surface area contributed by atoms with Gasteiger partial charge in [-0.15, -0.1) is 0 Å². The molecular weight excluding hydrogens is 198 g/mol. The number of hydrogen-bond acceptors (Lipinski definition) is 2. The lowest BCUT2D eigenvalue weighted by Crippen LogP contribution is -2.31. The van der Waals surface area contributed by atoms with Gasteiger partial charge in [0.25, 0.3) is 0 Å². The van der Waals surface area contributed by atoms with E-state index >= 15 is 0 Å². The molecule has 0 aromatic carbocycles. The molecular formula is C14H27NO. The molecule has 0 bridgehead atoms. The van der Waals surface area contributed by atoms with E-state index in [0.717, 1.165) is 31.6 Å². The van der Waals surface area contributed by atoms with Crippen molar-refractivity contribution in [3.05, 3.63) is 0 Å². The van der Waals surface area contributed by atoms with Gasteiger partial charge in [0.15, 0.2) is 0 Å². The van der Waals surface area contributed by atoms with E-state index in [0.29, 0.717) is 6.04 Å². The molecule has 1 unspecified atom stereocenters. The van der Waals surface area contributed by atoms with E-state index < -0.39 is 0 Å². The third-order valence-electron chi connectivity index (χ3n) is 3.95. The predicted octanol–water partition coefficient (Wildman–Crippen LogP) is 2.97. The summed E-state index contributed by atoms with van der Waals surface area (Å²) in [5, 5.41) is 3.58. The molecule has 0 radical (unpaired) electrons. The standard InChI is InChI=1S/C14H27NO/c1-12(10-13-4-2-3-5-13)15-8-9-16-11-14-6-7-14/h12-15H,2-11H2,1H3. The molecule has 0 aromatic heterocycles. The van der Waals surface area contributed by atoms with Gasteiger partial charge in [0, 0.05) is 19.2 Å². The molecule has 2 nitrogen and oxygen atoms in total. The Morgan fingerprint density at radius 1 is 1.12 bits per heavy atom. The van der Waals surface area contributed by atoms with Crippen LogP contribution in [-0.4, -0.2) is 25.8 Å². The summed E-state index contributed by atoms with van der Waals surface area (Å²) in [5.74, 6) is 1.89. The van der Waals surface area contributed by atoms with Gasteiger partial charge < -0.3 is 10.1 Å². The molecule has 0 aromatic rings. The van der Waals surface area contributed by atoms with Gasteiger partial charge >= 0.3 is 0 Å². The summed E-state index contributed by atoms with van der Waals surface area (Å²) in [4.78, 5) is 0. The Morgan fingerprint density at radius 3 is 2.56 bits per heavy atom. The topological polar surface area (TPSA) is 21.3 Å². The van der Waals surface area contributed by atoms with E-state index in [4.69, 9.17) is 4.74 Å². The first-order chi connectivity index (χ1) is 7.84. The average Bonchev–Trinajstić information content (AvgIpc) is 2.95. The molecule has 0 heterocycles. The number of rotatable bonds is 8. The van der Waals surface area contributed by atoms with Gasteiger partial charge in [0.1, 0.15) is 0 Å². The van der Waals surface area contributed by atoms with Crippen LogP contribution in [0.4, 0.5) is 0 Å². The minimum atomic E-state index is 0.674. The molecule has 2 saturated carbocycles. The molecule has 2 aliphatic rings. The van der Waals surface area contributed by atoms with E-state index in [9.17, 15) is 0 Å². The summed E-state index contributed by atoms with van der Waals surface area (Å²) in [6.07, 6.45) is 10.00. The maximum atomic E-state index is 5.62. The van der Waals surface area contributed by atoms with Gasteiger partial charge in [-0.25, -0.2) is 0 Å². The van der Waals surface area contributed by atoms with Crippen molar-refractivity contribution >= 4 is 0 Å². The van der Waals surface area contributed by atoms with Gasteiger partial charge in [0.2, 0.25) is 0 Å². The molecule has 0 amide bonds. The molecule has 0 aliphatic heterocycles. The van der Waals surface area contributed by atoms with Crippen molar-refractivity contribution in [3.8, 4) is 0 Å². The van der Waals surface area contributed by atoms with Crippen molar-refractivity contribution in [2.24, 2.45) is 11.8 Å². The largest absolute Gasteiger partial charge is 0.380 e. The second-order valence-electron chi connectivity index (χ2n) is 5.76. The lowest BCUT2D eigenvalue weighted by Gasteiger charge is -2.17. The second-order valence-corrected chi connectivity index (χ2v) is 5.76. The Hall–Kier alpha value is -0.0800. The summed E-state index contributed by atoms with van der Waals surface area (Å²) >= 11 is 0. The molecule has 2 heteroatoms. The number of ether oxygens (including phenoxy) is 1. The minimum Gasteiger partial charge on any atom is -0.380 e. The van der Waals surface area contributed by atoms with Crippen molar-refractivity contribution in [2.45, 2.75) is 57.9 Å². The quantitative estimate of drug-likeness (QED) is 0.641. The van der Waals surface area contributed by atoms with Crippen molar-refractivity contribution < 1.29 is 4.74 Å². The van der Waals surface area contributed by atoms with Crippen LogP contribution in [0.1, 0.15) is 51.9 Å². The van der Waals surface area contributed by atoms with Crippen molar-refractivity contribution in [1.82, 2.24) is 5.32 Å². The van der Waals surface area contributed by atoms with Crippen LogP contribution in [-0.2, 0) is 4.74 Å². The lowest BCUT2D eigenvalue weighted by atomic mass is 9.99. The zero-order chi connectivity index (χ0) is 11.2. The molecule has 2 rings (SSSR count). The van der Waals surface area contributed by atoms with Crippen LogP contribution in [0.25, 0.3) is 0 Å². The molecule has 94 valence electrons. The Morgan fingerprint density at radius 2 is 1.88 bits per heavy atom. The molecule has 0 spiro atoms. The normalized spacial score (nSPS) is 23.8. The van der Waals surface area contributed by atoms with Gasteiger partial charge in [-0.05, 0) is 38.0 Å². The monoisotopic (exact) mass is 225 g/mol. The highest BCUT2D eigenvalue weighted by Crippen LogP contribution is 2.29. The van der Waals surface area contributed by atoms with E-state index in [1.807, 2.05) is 0 Å². The summed E-state index contributed by atoms with van der Waals surface area (Å²) in [6, 6.07) is 0.674. The molecule has 2 fully saturated rings. The number of hydrogen-bond donors (Lipinski definition) is 1. The highest BCUT2D eigenvalue weighted by Gasteiger charge is 2.21. The first kappa shape index (κ1) is 12.4. The van der Waals surface area contributed by atoms with Crippen LogP contribution >= 0.6 is 0 Å². The Bertz CT molecular complexity index is 185. The smallest absolute Gasteiger partial charge is 0.0591 e. The highest BCUT2D eigenvalue weighted by molar-refractivity contribution is 4.73. The van der Waals surface area contributed by atoms with Crippen molar-refractivity contribution in [2.75, 3.05) is 19.8 Å². The lowest BCUT2D eigenvalue weighted by molar-refractivity contribution is 0.124. The fraction of sp³-hybridized carbons (Fsp3) is 1.00. The zero-order valence-electron chi connectivity index (χ0n) is 10.7. The van der Waals surface area contributed by atoms with E-state index in [1.54, 1.807) is 0 Å².